The second kappa shape index (κ2) is 6.55. The molecule has 1 aromatic rings. The first-order valence-corrected chi connectivity index (χ1v) is 6.85. The summed E-state index contributed by atoms with van der Waals surface area (Å²) in [5.41, 5.74) is 7.63. The SMILES string of the molecule is CN(CCC(N)C(C)(C)C)Cc1ccc(Cl)cc1. The van der Waals surface area contributed by atoms with Crippen LogP contribution in [0.5, 0.6) is 0 Å². The van der Waals surface area contributed by atoms with Gasteiger partial charge in [0.15, 0.2) is 0 Å². The largest absolute Gasteiger partial charge is 0.327 e. The van der Waals surface area contributed by atoms with Crippen LogP contribution in [0.4, 0.5) is 0 Å². The van der Waals surface area contributed by atoms with E-state index < -0.39 is 0 Å². The van der Waals surface area contributed by atoms with E-state index in [2.05, 4.69) is 44.9 Å². The minimum atomic E-state index is 0.182. The molecule has 0 aliphatic carbocycles. The van der Waals surface area contributed by atoms with Gasteiger partial charge in [-0.25, -0.2) is 0 Å². The highest BCUT2D eigenvalue weighted by atomic mass is 35.5. The standard InChI is InChI=1S/C15H25ClN2/c1-15(2,3)14(17)9-10-18(4)11-12-5-7-13(16)8-6-12/h5-8,14H,9-11,17H2,1-4H3. The molecule has 1 aromatic carbocycles. The van der Waals surface area contributed by atoms with Crippen LogP contribution in [0, 0.1) is 5.41 Å². The van der Waals surface area contributed by atoms with Crippen molar-refractivity contribution >= 4 is 11.6 Å². The molecule has 1 atom stereocenters. The van der Waals surface area contributed by atoms with E-state index >= 15 is 0 Å². The van der Waals surface area contributed by atoms with E-state index in [0.29, 0.717) is 0 Å². The van der Waals surface area contributed by atoms with Gasteiger partial charge in [-0.1, -0.05) is 44.5 Å². The van der Waals surface area contributed by atoms with E-state index in [9.17, 15) is 0 Å². The van der Waals surface area contributed by atoms with Crippen molar-refractivity contribution in [3.63, 3.8) is 0 Å². The molecule has 0 aromatic heterocycles. The van der Waals surface area contributed by atoms with E-state index in [1.165, 1.54) is 5.56 Å². The lowest BCUT2D eigenvalue weighted by Crippen LogP contribution is -2.37. The predicted octanol–water partition coefficient (Wildman–Crippen LogP) is 3.54. The maximum Gasteiger partial charge on any atom is 0.0406 e. The fourth-order valence-corrected chi connectivity index (χ4v) is 1.90. The molecule has 102 valence electrons. The van der Waals surface area contributed by atoms with Crippen molar-refractivity contribution in [2.24, 2.45) is 11.1 Å². The molecule has 0 fully saturated rings. The van der Waals surface area contributed by atoms with E-state index in [1.807, 2.05) is 12.1 Å². The van der Waals surface area contributed by atoms with E-state index in [4.69, 9.17) is 17.3 Å². The van der Waals surface area contributed by atoms with Gasteiger partial charge < -0.3 is 10.6 Å². The molecule has 0 aliphatic heterocycles. The minimum absolute atomic E-state index is 0.182. The zero-order valence-electron chi connectivity index (χ0n) is 11.9. The number of halogens is 1. The Balaban J connectivity index is 2.38. The molecule has 3 heteroatoms. The first-order chi connectivity index (χ1) is 8.29. The van der Waals surface area contributed by atoms with Crippen molar-refractivity contribution in [1.82, 2.24) is 4.90 Å². The van der Waals surface area contributed by atoms with Crippen molar-refractivity contribution in [3.05, 3.63) is 34.9 Å². The molecule has 18 heavy (non-hydrogen) atoms. The second-order valence-corrected chi connectivity index (χ2v) is 6.56. The predicted molar refractivity (Wildman–Crippen MR) is 79.8 cm³/mol. The van der Waals surface area contributed by atoms with Gasteiger partial charge in [0.2, 0.25) is 0 Å². The van der Waals surface area contributed by atoms with Gasteiger partial charge in [-0.15, -0.1) is 0 Å². The average molecular weight is 269 g/mol. The number of nitrogens with zero attached hydrogens (tertiary/aromatic N) is 1. The molecular formula is C15H25ClN2. The molecule has 0 saturated carbocycles. The summed E-state index contributed by atoms with van der Waals surface area (Å²) in [5, 5.41) is 0.788. The van der Waals surface area contributed by atoms with Crippen molar-refractivity contribution < 1.29 is 0 Å². The molecule has 0 saturated heterocycles. The Kier molecular flexibility index (Phi) is 5.64. The summed E-state index contributed by atoms with van der Waals surface area (Å²) in [6, 6.07) is 8.26. The van der Waals surface area contributed by atoms with Crippen molar-refractivity contribution in [3.8, 4) is 0 Å². The van der Waals surface area contributed by atoms with Gasteiger partial charge in [0.05, 0.1) is 0 Å². The normalized spacial score (nSPS) is 13.9. The van der Waals surface area contributed by atoms with Gasteiger partial charge in [-0.05, 0) is 43.1 Å². The Bertz CT molecular complexity index is 354. The Morgan fingerprint density at radius 1 is 1.22 bits per heavy atom. The zero-order chi connectivity index (χ0) is 13.8. The van der Waals surface area contributed by atoms with Gasteiger partial charge in [0.1, 0.15) is 0 Å². The fourth-order valence-electron chi connectivity index (χ4n) is 1.77. The molecule has 0 radical (unpaired) electrons. The quantitative estimate of drug-likeness (QED) is 0.885. The summed E-state index contributed by atoms with van der Waals surface area (Å²) in [6.45, 7) is 8.53. The number of hydrogen-bond donors (Lipinski definition) is 1. The smallest absolute Gasteiger partial charge is 0.0406 e. The summed E-state index contributed by atoms with van der Waals surface area (Å²) in [4.78, 5) is 2.30. The van der Waals surface area contributed by atoms with Crippen molar-refractivity contribution in [1.29, 1.82) is 0 Å². The van der Waals surface area contributed by atoms with Crippen molar-refractivity contribution in [2.45, 2.75) is 39.8 Å². The van der Waals surface area contributed by atoms with Gasteiger partial charge in [0, 0.05) is 17.6 Å². The third-order valence-electron chi connectivity index (χ3n) is 3.30. The topological polar surface area (TPSA) is 29.3 Å². The van der Waals surface area contributed by atoms with Crippen LogP contribution in [-0.2, 0) is 6.54 Å². The summed E-state index contributed by atoms with van der Waals surface area (Å²) in [5.74, 6) is 0. The number of rotatable bonds is 5. The average Bonchev–Trinajstić information content (AvgIpc) is 2.28. The Labute approximate surface area is 116 Å². The van der Waals surface area contributed by atoms with Gasteiger partial charge in [0.25, 0.3) is 0 Å². The molecule has 2 nitrogen and oxygen atoms in total. The van der Waals surface area contributed by atoms with E-state index in [0.717, 1.165) is 24.5 Å². The third kappa shape index (κ3) is 5.38. The van der Waals surface area contributed by atoms with Gasteiger partial charge in [-0.2, -0.15) is 0 Å². The second-order valence-electron chi connectivity index (χ2n) is 6.13. The number of benzene rings is 1. The van der Waals surface area contributed by atoms with E-state index in [1.54, 1.807) is 0 Å². The lowest BCUT2D eigenvalue weighted by atomic mass is 9.85. The van der Waals surface area contributed by atoms with Crippen LogP contribution < -0.4 is 5.73 Å². The van der Waals surface area contributed by atoms with Crippen LogP contribution >= 0.6 is 11.6 Å². The Morgan fingerprint density at radius 3 is 2.28 bits per heavy atom. The van der Waals surface area contributed by atoms with Crippen LogP contribution in [-0.4, -0.2) is 24.5 Å². The summed E-state index contributed by atoms with van der Waals surface area (Å²) in [6.07, 6.45) is 1.02. The number of hydrogen-bond acceptors (Lipinski definition) is 2. The molecule has 0 aliphatic rings. The Hall–Kier alpha value is -0.570. The highest BCUT2D eigenvalue weighted by Crippen LogP contribution is 2.20. The molecule has 0 heterocycles. The monoisotopic (exact) mass is 268 g/mol. The highest BCUT2D eigenvalue weighted by molar-refractivity contribution is 6.30. The zero-order valence-corrected chi connectivity index (χ0v) is 12.7. The molecule has 2 N–H and O–H groups in total. The highest BCUT2D eigenvalue weighted by Gasteiger charge is 2.20. The molecule has 0 spiro atoms. The van der Waals surface area contributed by atoms with Gasteiger partial charge in [-0.3, -0.25) is 0 Å². The maximum absolute atomic E-state index is 6.17. The summed E-state index contributed by atoms with van der Waals surface area (Å²) >= 11 is 5.87. The first kappa shape index (κ1) is 15.5. The molecular weight excluding hydrogens is 244 g/mol. The third-order valence-corrected chi connectivity index (χ3v) is 3.55. The lowest BCUT2D eigenvalue weighted by molar-refractivity contribution is 0.251. The Morgan fingerprint density at radius 2 is 1.78 bits per heavy atom. The van der Waals surface area contributed by atoms with Crippen molar-refractivity contribution in [2.75, 3.05) is 13.6 Å². The summed E-state index contributed by atoms with van der Waals surface area (Å²) in [7, 11) is 2.13. The van der Waals surface area contributed by atoms with Crippen LogP contribution in [0.1, 0.15) is 32.8 Å². The maximum atomic E-state index is 6.17. The lowest BCUT2D eigenvalue weighted by Gasteiger charge is -2.28. The minimum Gasteiger partial charge on any atom is -0.327 e. The summed E-state index contributed by atoms with van der Waals surface area (Å²) < 4.78 is 0. The first-order valence-electron chi connectivity index (χ1n) is 6.47. The van der Waals surface area contributed by atoms with Gasteiger partial charge >= 0.3 is 0 Å². The fraction of sp³-hybridized carbons (Fsp3) is 0.600. The van der Waals surface area contributed by atoms with Crippen LogP contribution in [0.2, 0.25) is 5.02 Å². The van der Waals surface area contributed by atoms with E-state index in [-0.39, 0.29) is 11.5 Å². The van der Waals surface area contributed by atoms with Crippen LogP contribution in [0.3, 0.4) is 0 Å². The van der Waals surface area contributed by atoms with Crippen LogP contribution in [0.15, 0.2) is 24.3 Å². The molecule has 1 unspecified atom stereocenters. The molecule has 0 bridgehead atoms. The molecule has 0 amide bonds. The molecule has 1 rings (SSSR count). The van der Waals surface area contributed by atoms with Crippen LogP contribution in [0.25, 0.3) is 0 Å². The number of nitrogens with two attached hydrogens (primary N) is 1.